The van der Waals surface area contributed by atoms with Crippen molar-refractivity contribution < 1.29 is 8.42 Å². The van der Waals surface area contributed by atoms with Crippen LogP contribution in [-0.2, 0) is 16.6 Å². The van der Waals surface area contributed by atoms with Crippen LogP contribution >= 0.6 is 11.6 Å². The lowest BCUT2D eigenvalue weighted by molar-refractivity contribution is 0.268. The Morgan fingerprint density at radius 3 is 2.66 bits per heavy atom. The minimum atomic E-state index is -3.48. The van der Waals surface area contributed by atoms with Gasteiger partial charge in [-0.05, 0) is 67.8 Å². The Morgan fingerprint density at radius 2 is 1.90 bits per heavy atom. The predicted molar refractivity (Wildman–Crippen MR) is 118 cm³/mol. The summed E-state index contributed by atoms with van der Waals surface area (Å²) in [5.41, 5.74) is 1.87. The highest BCUT2D eigenvalue weighted by atomic mass is 35.5. The number of fused-ring (bicyclic) bond motifs is 1. The molecule has 7 heteroatoms. The van der Waals surface area contributed by atoms with Gasteiger partial charge in [0.2, 0.25) is 10.0 Å². The fraction of sp³-hybridized carbons (Fsp3) is 0.318. The van der Waals surface area contributed by atoms with Crippen LogP contribution in [0.5, 0.6) is 0 Å². The van der Waals surface area contributed by atoms with Crippen LogP contribution < -0.4 is 5.32 Å². The van der Waals surface area contributed by atoms with E-state index >= 15 is 0 Å². The van der Waals surface area contributed by atoms with E-state index in [-0.39, 0.29) is 6.04 Å². The van der Waals surface area contributed by atoms with Crippen molar-refractivity contribution in [3.8, 4) is 0 Å². The number of rotatable bonds is 5. The highest BCUT2D eigenvalue weighted by Gasteiger charge is 2.31. The molecule has 1 fully saturated rings. The first kappa shape index (κ1) is 20.1. The van der Waals surface area contributed by atoms with Crippen molar-refractivity contribution in [2.75, 3.05) is 11.9 Å². The molecule has 2 aromatic carbocycles. The average molecular weight is 430 g/mol. The lowest BCUT2D eigenvalue weighted by Crippen LogP contribution is -2.41. The van der Waals surface area contributed by atoms with Crippen LogP contribution in [0.15, 0.2) is 59.5 Å². The summed E-state index contributed by atoms with van der Waals surface area (Å²) in [6, 6.07) is 16.6. The number of benzene rings is 2. The molecule has 1 aliphatic rings. The van der Waals surface area contributed by atoms with E-state index in [4.69, 9.17) is 11.6 Å². The van der Waals surface area contributed by atoms with Gasteiger partial charge in [-0.25, -0.2) is 13.4 Å². The topological polar surface area (TPSA) is 62.3 Å². The van der Waals surface area contributed by atoms with Crippen molar-refractivity contribution in [3.63, 3.8) is 0 Å². The summed E-state index contributed by atoms with van der Waals surface area (Å²) in [6.45, 7) is 3.21. The first-order valence-electron chi connectivity index (χ1n) is 9.84. The van der Waals surface area contributed by atoms with Gasteiger partial charge in [-0.15, -0.1) is 0 Å². The zero-order valence-electron chi connectivity index (χ0n) is 16.3. The highest BCUT2D eigenvalue weighted by molar-refractivity contribution is 7.89. The summed E-state index contributed by atoms with van der Waals surface area (Å²) in [6.07, 6.45) is 2.92. The molecule has 5 nitrogen and oxygen atoms in total. The van der Waals surface area contributed by atoms with Crippen LogP contribution in [-0.4, -0.2) is 30.3 Å². The molecule has 29 heavy (non-hydrogen) atoms. The van der Waals surface area contributed by atoms with Gasteiger partial charge in [-0.1, -0.05) is 30.2 Å². The Kier molecular flexibility index (Phi) is 5.76. The summed E-state index contributed by atoms with van der Waals surface area (Å²) in [4.78, 5) is 4.95. The maximum Gasteiger partial charge on any atom is 0.243 e. The van der Waals surface area contributed by atoms with Gasteiger partial charge in [0.1, 0.15) is 5.82 Å². The van der Waals surface area contributed by atoms with Gasteiger partial charge < -0.3 is 5.32 Å². The number of hydrogen-bond acceptors (Lipinski definition) is 4. The second-order valence-corrected chi connectivity index (χ2v) is 9.82. The van der Waals surface area contributed by atoms with Gasteiger partial charge in [0.25, 0.3) is 0 Å². The standard InChI is InChI=1S/C22H24ClN3O2S/c1-16-4-2-3-13-26(16)29(27,28)20-10-11-21-18(14-20)7-12-22(25-21)24-15-17-5-8-19(23)9-6-17/h5-12,14,16H,2-4,13,15H2,1H3,(H,24,25)/t16-/m0/s1. The van der Waals surface area contributed by atoms with Crippen molar-refractivity contribution in [2.45, 2.75) is 43.7 Å². The SMILES string of the molecule is C[C@H]1CCCCN1S(=O)(=O)c1ccc2nc(NCc3ccc(Cl)cc3)ccc2c1. The molecule has 3 aromatic rings. The van der Waals surface area contributed by atoms with E-state index in [1.165, 1.54) is 0 Å². The van der Waals surface area contributed by atoms with Crippen LogP contribution in [0, 0.1) is 0 Å². The third kappa shape index (κ3) is 4.39. The third-order valence-corrected chi connectivity index (χ3v) is 7.66. The summed E-state index contributed by atoms with van der Waals surface area (Å²) < 4.78 is 27.8. The van der Waals surface area contributed by atoms with Gasteiger partial charge in [0, 0.05) is 29.5 Å². The second-order valence-electron chi connectivity index (χ2n) is 7.49. The quantitative estimate of drug-likeness (QED) is 0.615. The number of piperidine rings is 1. The molecule has 2 heterocycles. The van der Waals surface area contributed by atoms with Gasteiger partial charge >= 0.3 is 0 Å². The molecular formula is C22H24ClN3O2S. The van der Waals surface area contributed by atoms with Crippen molar-refractivity contribution in [3.05, 3.63) is 65.2 Å². The smallest absolute Gasteiger partial charge is 0.243 e. The maximum absolute atomic E-state index is 13.1. The van der Waals surface area contributed by atoms with Gasteiger partial charge in [-0.3, -0.25) is 0 Å². The molecule has 0 spiro atoms. The Hall–Kier alpha value is -2.15. The predicted octanol–water partition coefficient (Wildman–Crippen LogP) is 5.06. The monoisotopic (exact) mass is 429 g/mol. The summed E-state index contributed by atoms with van der Waals surface area (Å²) >= 11 is 5.92. The number of pyridine rings is 1. The third-order valence-electron chi connectivity index (χ3n) is 5.40. The number of halogens is 1. The van der Waals surface area contributed by atoms with E-state index in [0.717, 1.165) is 41.5 Å². The molecule has 1 saturated heterocycles. The van der Waals surface area contributed by atoms with E-state index in [0.29, 0.717) is 23.0 Å². The minimum absolute atomic E-state index is 0.0435. The molecule has 0 aliphatic carbocycles. The van der Waals surface area contributed by atoms with E-state index < -0.39 is 10.0 Å². The lowest BCUT2D eigenvalue weighted by Gasteiger charge is -2.32. The number of nitrogens with zero attached hydrogens (tertiary/aromatic N) is 2. The summed E-state index contributed by atoms with van der Waals surface area (Å²) in [5, 5.41) is 4.82. The first-order chi connectivity index (χ1) is 13.9. The fourth-order valence-corrected chi connectivity index (χ4v) is 5.58. The van der Waals surface area contributed by atoms with Gasteiger partial charge in [0.15, 0.2) is 0 Å². The molecule has 0 saturated carbocycles. The van der Waals surface area contributed by atoms with E-state index in [1.807, 2.05) is 43.3 Å². The summed E-state index contributed by atoms with van der Waals surface area (Å²) in [5.74, 6) is 0.743. The Morgan fingerprint density at radius 1 is 1.10 bits per heavy atom. The summed E-state index contributed by atoms with van der Waals surface area (Å²) in [7, 11) is -3.48. The number of anilines is 1. The van der Waals surface area contributed by atoms with Crippen LogP contribution in [0.25, 0.3) is 10.9 Å². The number of aromatic nitrogens is 1. The Bertz CT molecular complexity index is 1120. The molecule has 1 N–H and O–H groups in total. The van der Waals surface area contributed by atoms with Crippen molar-refractivity contribution >= 4 is 38.3 Å². The zero-order chi connectivity index (χ0) is 20.4. The highest BCUT2D eigenvalue weighted by Crippen LogP contribution is 2.27. The van der Waals surface area contributed by atoms with Crippen LogP contribution in [0.4, 0.5) is 5.82 Å². The first-order valence-corrected chi connectivity index (χ1v) is 11.7. The maximum atomic E-state index is 13.1. The van der Waals surface area contributed by atoms with Crippen LogP contribution in [0.1, 0.15) is 31.7 Å². The lowest BCUT2D eigenvalue weighted by atomic mass is 10.1. The molecule has 4 rings (SSSR count). The molecule has 0 radical (unpaired) electrons. The number of sulfonamides is 1. The molecule has 152 valence electrons. The number of hydrogen-bond donors (Lipinski definition) is 1. The normalized spacial score (nSPS) is 18.1. The molecule has 0 unspecified atom stereocenters. The molecule has 0 bridgehead atoms. The largest absolute Gasteiger partial charge is 0.366 e. The van der Waals surface area contributed by atoms with E-state index in [9.17, 15) is 8.42 Å². The second kappa shape index (κ2) is 8.30. The molecule has 1 atom stereocenters. The number of nitrogens with one attached hydrogen (secondary N) is 1. The van der Waals surface area contributed by atoms with E-state index in [2.05, 4.69) is 10.3 Å². The fourth-order valence-electron chi connectivity index (χ4n) is 3.72. The van der Waals surface area contributed by atoms with Gasteiger partial charge in [-0.2, -0.15) is 4.31 Å². The van der Waals surface area contributed by atoms with Crippen molar-refractivity contribution in [1.29, 1.82) is 0 Å². The Balaban J connectivity index is 1.54. The van der Waals surface area contributed by atoms with Crippen molar-refractivity contribution in [2.24, 2.45) is 0 Å². The van der Waals surface area contributed by atoms with E-state index in [1.54, 1.807) is 22.5 Å². The minimum Gasteiger partial charge on any atom is -0.366 e. The van der Waals surface area contributed by atoms with Crippen LogP contribution in [0.2, 0.25) is 5.02 Å². The molecule has 1 aliphatic heterocycles. The zero-order valence-corrected chi connectivity index (χ0v) is 17.9. The van der Waals surface area contributed by atoms with Gasteiger partial charge in [0.05, 0.1) is 10.4 Å². The Labute approximate surface area is 176 Å². The molecule has 1 aromatic heterocycles. The molecular weight excluding hydrogens is 406 g/mol. The average Bonchev–Trinajstić information content (AvgIpc) is 2.73. The molecule has 0 amide bonds. The van der Waals surface area contributed by atoms with Crippen molar-refractivity contribution in [1.82, 2.24) is 9.29 Å². The van der Waals surface area contributed by atoms with Crippen LogP contribution in [0.3, 0.4) is 0 Å².